The molecule has 9 nitrogen and oxygen atoms in total. The lowest BCUT2D eigenvalue weighted by molar-refractivity contribution is -0.143. The third kappa shape index (κ3) is 7.71. The Morgan fingerprint density at radius 2 is 1.63 bits per heavy atom. The van der Waals surface area contributed by atoms with E-state index in [1.54, 1.807) is 0 Å². The average Bonchev–Trinajstić information content (AvgIpc) is 2.30. The van der Waals surface area contributed by atoms with Crippen LogP contribution in [0.4, 0.5) is 0 Å². The van der Waals surface area contributed by atoms with Crippen molar-refractivity contribution >= 4 is 23.8 Å². The fourth-order valence-corrected chi connectivity index (χ4v) is 1.23. The predicted molar refractivity (Wildman–Crippen MR) is 62.8 cm³/mol. The van der Waals surface area contributed by atoms with Gasteiger partial charge in [0.05, 0.1) is 6.04 Å². The summed E-state index contributed by atoms with van der Waals surface area (Å²) in [5.41, 5.74) is 10.3. The van der Waals surface area contributed by atoms with Gasteiger partial charge in [-0.15, -0.1) is 0 Å². The highest BCUT2D eigenvalue weighted by atomic mass is 16.4. The smallest absolute Gasteiger partial charge is 0.326 e. The van der Waals surface area contributed by atoms with Gasteiger partial charge in [-0.2, -0.15) is 0 Å². The van der Waals surface area contributed by atoms with Gasteiger partial charge in [-0.1, -0.05) is 0 Å². The standard InChI is InChI=1S/C10H17N3O6/c11-5(1-3-7(12)14)9(17)13-6(10(18)19)2-4-8(15)16/h5-6H,1-4,11H2,(H2,12,14)(H,13,17)(H,15,16)(H,18,19)/t5-,6-/m1/s1. The highest BCUT2D eigenvalue weighted by Gasteiger charge is 2.23. The van der Waals surface area contributed by atoms with Crippen LogP contribution in [0.25, 0.3) is 0 Å². The Labute approximate surface area is 108 Å². The van der Waals surface area contributed by atoms with Gasteiger partial charge in [-0.25, -0.2) is 4.79 Å². The first kappa shape index (κ1) is 16.8. The number of hydrogen-bond acceptors (Lipinski definition) is 5. The van der Waals surface area contributed by atoms with Crippen molar-refractivity contribution in [2.45, 2.75) is 37.8 Å². The van der Waals surface area contributed by atoms with Crippen LogP contribution < -0.4 is 16.8 Å². The van der Waals surface area contributed by atoms with Gasteiger partial charge in [0.2, 0.25) is 11.8 Å². The highest BCUT2D eigenvalue weighted by molar-refractivity contribution is 5.87. The molecule has 0 aliphatic rings. The number of carboxylic acid groups (broad SMARTS) is 2. The molecule has 0 rings (SSSR count). The van der Waals surface area contributed by atoms with Crippen molar-refractivity contribution in [2.24, 2.45) is 11.5 Å². The number of carbonyl (C=O) groups is 4. The Morgan fingerprint density at radius 1 is 1.05 bits per heavy atom. The summed E-state index contributed by atoms with van der Waals surface area (Å²) in [6.07, 6.45) is -0.749. The third-order valence-corrected chi connectivity index (χ3v) is 2.30. The number of nitrogens with two attached hydrogens (primary N) is 2. The van der Waals surface area contributed by atoms with Crippen LogP contribution in [-0.4, -0.2) is 46.0 Å². The summed E-state index contributed by atoms with van der Waals surface area (Å²) in [6.45, 7) is 0. The van der Waals surface area contributed by atoms with Crippen molar-refractivity contribution in [2.75, 3.05) is 0 Å². The first-order valence-electron chi connectivity index (χ1n) is 5.53. The third-order valence-electron chi connectivity index (χ3n) is 2.30. The van der Waals surface area contributed by atoms with Crippen LogP contribution in [0.2, 0.25) is 0 Å². The van der Waals surface area contributed by atoms with Crippen LogP contribution >= 0.6 is 0 Å². The molecule has 108 valence electrons. The molecule has 2 atom stereocenters. The van der Waals surface area contributed by atoms with Gasteiger partial charge in [-0.05, 0) is 12.8 Å². The van der Waals surface area contributed by atoms with E-state index in [4.69, 9.17) is 21.7 Å². The minimum absolute atomic E-state index is 0.00750. The largest absolute Gasteiger partial charge is 0.481 e. The van der Waals surface area contributed by atoms with Crippen molar-refractivity contribution in [3.63, 3.8) is 0 Å². The molecule has 0 unspecified atom stereocenters. The number of aliphatic carboxylic acids is 2. The maximum Gasteiger partial charge on any atom is 0.326 e. The molecule has 0 spiro atoms. The first-order chi connectivity index (χ1) is 8.73. The molecule has 0 bridgehead atoms. The lowest BCUT2D eigenvalue weighted by Crippen LogP contribution is -2.48. The van der Waals surface area contributed by atoms with Crippen molar-refractivity contribution in [3.05, 3.63) is 0 Å². The van der Waals surface area contributed by atoms with E-state index in [2.05, 4.69) is 5.32 Å². The van der Waals surface area contributed by atoms with E-state index < -0.39 is 42.3 Å². The summed E-state index contributed by atoms with van der Waals surface area (Å²) in [5, 5.41) is 19.4. The van der Waals surface area contributed by atoms with Crippen LogP contribution in [-0.2, 0) is 19.2 Å². The van der Waals surface area contributed by atoms with Crippen molar-refractivity contribution < 1.29 is 29.4 Å². The van der Waals surface area contributed by atoms with Gasteiger partial charge in [0.15, 0.2) is 0 Å². The van der Waals surface area contributed by atoms with E-state index in [-0.39, 0.29) is 19.3 Å². The molecule has 0 aromatic rings. The van der Waals surface area contributed by atoms with Gasteiger partial charge in [0.25, 0.3) is 0 Å². The molecule has 19 heavy (non-hydrogen) atoms. The van der Waals surface area contributed by atoms with E-state index in [1.807, 2.05) is 0 Å². The monoisotopic (exact) mass is 275 g/mol. The Balaban J connectivity index is 4.33. The maximum atomic E-state index is 11.5. The molecule has 0 radical (unpaired) electrons. The second-order valence-electron chi connectivity index (χ2n) is 3.94. The molecule has 0 fully saturated rings. The maximum absolute atomic E-state index is 11.5. The molecule has 0 aliphatic carbocycles. The lowest BCUT2D eigenvalue weighted by atomic mass is 10.1. The van der Waals surface area contributed by atoms with E-state index in [0.717, 1.165) is 0 Å². The summed E-state index contributed by atoms with van der Waals surface area (Å²) < 4.78 is 0. The number of nitrogens with one attached hydrogen (secondary N) is 1. The zero-order valence-electron chi connectivity index (χ0n) is 10.2. The Morgan fingerprint density at radius 3 is 2.05 bits per heavy atom. The Bertz CT molecular complexity index is 370. The van der Waals surface area contributed by atoms with Gasteiger partial charge in [-0.3, -0.25) is 14.4 Å². The van der Waals surface area contributed by atoms with Crippen LogP contribution in [0.5, 0.6) is 0 Å². The first-order valence-corrected chi connectivity index (χ1v) is 5.53. The zero-order chi connectivity index (χ0) is 15.0. The summed E-state index contributed by atoms with van der Waals surface area (Å²) in [6, 6.07) is -2.40. The van der Waals surface area contributed by atoms with Crippen LogP contribution in [0.15, 0.2) is 0 Å². The predicted octanol–water partition coefficient (Wildman–Crippen LogP) is -1.99. The van der Waals surface area contributed by atoms with Gasteiger partial charge >= 0.3 is 11.9 Å². The number of primary amides is 1. The molecule has 9 heteroatoms. The zero-order valence-corrected chi connectivity index (χ0v) is 10.2. The normalized spacial score (nSPS) is 13.3. The summed E-state index contributed by atoms with van der Waals surface area (Å²) in [7, 11) is 0. The van der Waals surface area contributed by atoms with E-state index in [9.17, 15) is 19.2 Å². The number of hydrogen-bond donors (Lipinski definition) is 5. The van der Waals surface area contributed by atoms with E-state index in [0.29, 0.717) is 0 Å². The molecule has 0 saturated carbocycles. The summed E-state index contributed by atoms with van der Waals surface area (Å²) in [5.74, 6) is -3.90. The highest BCUT2D eigenvalue weighted by Crippen LogP contribution is 2.00. The minimum Gasteiger partial charge on any atom is -0.481 e. The second kappa shape index (κ2) is 8.03. The van der Waals surface area contributed by atoms with Crippen molar-refractivity contribution in [1.82, 2.24) is 5.32 Å². The van der Waals surface area contributed by atoms with Gasteiger partial charge in [0.1, 0.15) is 6.04 Å². The Hall–Kier alpha value is -2.16. The SMILES string of the molecule is NC(=O)CC[C@@H](N)C(=O)N[C@H](CCC(=O)O)C(=O)O. The van der Waals surface area contributed by atoms with E-state index >= 15 is 0 Å². The number of amides is 2. The molecular weight excluding hydrogens is 258 g/mol. The van der Waals surface area contributed by atoms with Crippen LogP contribution in [0.3, 0.4) is 0 Å². The Kier molecular flexibility index (Phi) is 7.12. The molecular formula is C10H17N3O6. The van der Waals surface area contributed by atoms with Crippen LogP contribution in [0.1, 0.15) is 25.7 Å². The fraction of sp³-hybridized carbons (Fsp3) is 0.600. The summed E-state index contributed by atoms with van der Waals surface area (Å²) >= 11 is 0. The van der Waals surface area contributed by atoms with Crippen LogP contribution in [0, 0.1) is 0 Å². The number of rotatable bonds is 9. The quantitative estimate of drug-likeness (QED) is 0.324. The molecule has 0 saturated heterocycles. The minimum atomic E-state index is -1.35. The fourth-order valence-electron chi connectivity index (χ4n) is 1.23. The molecule has 0 aromatic carbocycles. The lowest BCUT2D eigenvalue weighted by Gasteiger charge is -2.16. The number of carboxylic acids is 2. The van der Waals surface area contributed by atoms with Crippen molar-refractivity contribution in [3.8, 4) is 0 Å². The average molecular weight is 275 g/mol. The molecule has 2 amide bonds. The number of carbonyl (C=O) groups excluding carboxylic acids is 2. The topological polar surface area (TPSA) is 173 Å². The van der Waals surface area contributed by atoms with Gasteiger partial charge < -0.3 is 27.0 Å². The van der Waals surface area contributed by atoms with E-state index in [1.165, 1.54) is 0 Å². The summed E-state index contributed by atoms with van der Waals surface area (Å²) in [4.78, 5) is 43.2. The van der Waals surface area contributed by atoms with Gasteiger partial charge in [0, 0.05) is 12.8 Å². The second-order valence-corrected chi connectivity index (χ2v) is 3.94. The molecule has 0 aliphatic heterocycles. The molecule has 7 N–H and O–H groups in total. The van der Waals surface area contributed by atoms with Crippen molar-refractivity contribution in [1.29, 1.82) is 0 Å². The molecule has 0 heterocycles. The molecule has 0 aromatic heterocycles.